The number of allylic oxidation sites excluding steroid dienone is 3. The lowest BCUT2D eigenvalue weighted by Crippen LogP contribution is -2.48. The van der Waals surface area contributed by atoms with Crippen molar-refractivity contribution in [3.8, 4) is 0 Å². The summed E-state index contributed by atoms with van der Waals surface area (Å²) in [4.78, 5) is 12.0. The molecule has 0 radical (unpaired) electrons. The van der Waals surface area contributed by atoms with Crippen LogP contribution in [0, 0.1) is 5.92 Å². The third-order valence-corrected chi connectivity index (χ3v) is 5.57. The van der Waals surface area contributed by atoms with Gasteiger partial charge in [-0.2, -0.15) is 0 Å². The van der Waals surface area contributed by atoms with Crippen LogP contribution in [0.1, 0.15) is 46.0 Å². The predicted molar refractivity (Wildman–Crippen MR) is 97.2 cm³/mol. The van der Waals surface area contributed by atoms with Crippen molar-refractivity contribution in [1.29, 1.82) is 0 Å². The third kappa shape index (κ3) is 4.43. The van der Waals surface area contributed by atoms with E-state index in [4.69, 9.17) is 4.74 Å². The molecular weight excluding hydrogens is 336 g/mol. The van der Waals surface area contributed by atoms with Crippen molar-refractivity contribution in [2.24, 2.45) is 5.92 Å². The second-order valence-electron chi connectivity index (χ2n) is 7.54. The fourth-order valence-corrected chi connectivity index (χ4v) is 3.58. The van der Waals surface area contributed by atoms with E-state index in [0.29, 0.717) is 12.0 Å². The number of carbonyl (C=O) groups excluding carboxylic acids is 1. The average Bonchev–Trinajstić information content (AvgIpc) is 2.88. The Balaban J connectivity index is 2.35. The first-order valence-electron chi connectivity index (χ1n) is 9.11. The molecule has 1 aliphatic carbocycles. The zero-order valence-corrected chi connectivity index (χ0v) is 15.5. The largest absolute Gasteiger partial charge is 0.455 e. The monoisotopic (exact) mass is 366 g/mol. The van der Waals surface area contributed by atoms with Crippen LogP contribution in [0.3, 0.4) is 0 Å². The highest BCUT2D eigenvalue weighted by Crippen LogP contribution is 2.37. The minimum atomic E-state index is -1.69. The van der Waals surface area contributed by atoms with E-state index in [9.17, 15) is 25.2 Å². The molecule has 0 saturated carbocycles. The Bertz CT molecular complexity index is 607. The minimum Gasteiger partial charge on any atom is -0.455 e. The summed E-state index contributed by atoms with van der Waals surface area (Å²) < 4.78 is 5.30. The molecule has 6 nitrogen and oxygen atoms in total. The lowest BCUT2D eigenvalue weighted by molar-refractivity contribution is -0.144. The van der Waals surface area contributed by atoms with Gasteiger partial charge in [0.2, 0.25) is 0 Å². The van der Waals surface area contributed by atoms with Crippen LogP contribution in [0.25, 0.3) is 0 Å². The normalized spacial score (nSPS) is 41.3. The first-order chi connectivity index (χ1) is 12.2. The molecule has 2 aliphatic rings. The quantitative estimate of drug-likeness (QED) is 0.317. The number of hydrogen-bond acceptors (Lipinski definition) is 6. The van der Waals surface area contributed by atoms with Gasteiger partial charge in [-0.3, -0.25) is 0 Å². The maximum atomic E-state index is 12.0. The Hall–Kier alpha value is -1.47. The van der Waals surface area contributed by atoms with Crippen molar-refractivity contribution < 1.29 is 30.0 Å². The number of fused-ring (bicyclic) bond motifs is 1. The van der Waals surface area contributed by atoms with Crippen LogP contribution in [-0.4, -0.2) is 56.9 Å². The summed E-state index contributed by atoms with van der Waals surface area (Å²) in [5, 5.41) is 41.5. The highest BCUT2D eigenvalue weighted by Gasteiger charge is 2.46. The van der Waals surface area contributed by atoms with Gasteiger partial charge in [0.05, 0.1) is 12.7 Å². The molecule has 0 bridgehead atoms. The van der Waals surface area contributed by atoms with E-state index in [2.05, 4.69) is 6.58 Å². The van der Waals surface area contributed by atoms with E-state index in [1.54, 1.807) is 6.92 Å². The molecule has 0 aromatic heterocycles. The Morgan fingerprint density at radius 1 is 1.27 bits per heavy atom. The molecule has 5 atom stereocenters. The first-order valence-corrected chi connectivity index (χ1v) is 9.11. The molecule has 0 amide bonds. The lowest BCUT2D eigenvalue weighted by Gasteiger charge is -2.34. The molecule has 6 heteroatoms. The highest BCUT2D eigenvalue weighted by atomic mass is 16.6. The summed E-state index contributed by atoms with van der Waals surface area (Å²) in [6, 6.07) is 0. The number of carbonyl (C=O) groups is 1. The molecule has 0 spiro atoms. The van der Waals surface area contributed by atoms with Crippen LogP contribution in [0.5, 0.6) is 0 Å². The minimum absolute atomic E-state index is 0.0284. The van der Waals surface area contributed by atoms with Crippen molar-refractivity contribution in [2.75, 3.05) is 6.61 Å². The summed E-state index contributed by atoms with van der Waals surface area (Å²) in [5.41, 5.74) is 0.310. The number of esters is 1. The standard InChI is InChI=1S/C20H30O6/c1-12-6-4-8-13(2)17(23)18-15(14(3)19(24)26-18)10-16(22)20(25,11-21)9-5-7-12/h7-8,15-18,21-23,25H,3-6,9-11H2,1-2H3/b12-7+,13-8+/t15-,16+,17+,18-,20+/m1/s1. The van der Waals surface area contributed by atoms with Gasteiger partial charge in [-0.1, -0.05) is 24.3 Å². The molecule has 4 N–H and O–H groups in total. The van der Waals surface area contributed by atoms with Crippen molar-refractivity contribution >= 4 is 5.97 Å². The molecule has 1 fully saturated rings. The Morgan fingerprint density at radius 3 is 2.62 bits per heavy atom. The van der Waals surface area contributed by atoms with Gasteiger partial charge < -0.3 is 25.2 Å². The number of aliphatic hydroxyl groups excluding tert-OH is 3. The second-order valence-corrected chi connectivity index (χ2v) is 7.54. The van der Waals surface area contributed by atoms with Gasteiger partial charge >= 0.3 is 5.97 Å². The molecule has 0 unspecified atom stereocenters. The van der Waals surface area contributed by atoms with Gasteiger partial charge in [0.1, 0.15) is 17.8 Å². The molecule has 1 aliphatic heterocycles. The van der Waals surface area contributed by atoms with E-state index >= 15 is 0 Å². The third-order valence-electron chi connectivity index (χ3n) is 5.57. The summed E-state index contributed by atoms with van der Waals surface area (Å²) in [6.45, 7) is 6.90. The molecule has 0 aromatic rings. The highest BCUT2D eigenvalue weighted by molar-refractivity contribution is 5.90. The predicted octanol–water partition coefficient (Wildman–Crippen LogP) is 1.39. The summed E-state index contributed by atoms with van der Waals surface area (Å²) in [7, 11) is 0. The van der Waals surface area contributed by atoms with Crippen molar-refractivity contribution in [3.05, 3.63) is 35.5 Å². The molecule has 1 heterocycles. The first kappa shape index (κ1) is 20.8. The van der Waals surface area contributed by atoms with Gasteiger partial charge in [0, 0.05) is 11.5 Å². The van der Waals surface area contributed by atoms with Crippen molar-refractivity contribution in [2.45, 2.75) is 69.9 Å². The van der Waals surface area contributed by atoms with Gasteiger partial charge in [-0.25, -0.2) is 4.79 Å². The summed E-state index contributed by atoms with van der Waals surface area (Å²) in [6.07, 6.45) is 3.00. The SMILES string of the molecule is C=C1C(=O)O[C@@H]2[C@@H]1C[C@H](O)[C@@](O)(CO)CC/C=C(\C)CC/C=C(\C)[C@@H]2O. The molecule has 146 valence electrons. The average molecular weight is 366 g/mol. The van der Waals surface area contributed by atoms with E-state index in [-0.39, 0.29) is 18.4 Å². The Labute approximate surface area is 154 Å². The Kier molecular flexibility index (Phi) is 6.80. The number of aliphatic hydroxyl groups is 4. The zero-order valence-electron chi connectivity index (χ0n) is 15.5. The van der Waals surface area contributed by atoms with Gasteiger partial charge in [-0.05, 0) is 51.5 Å². The van der Waals surface area contributed by atoms with Crippen LogP contribution >= 0.6 is 0 Å². The maximum Gasteiger partial charge on any atom is 0.334 e. The zero-order chi connectivity index (χ0) is 19.5. The smallest absolute Gasteiger partial charge is 0.334 e. The van der Waals surface area contributed by atoms with Crippen molar-refractivity contribution in [1.82, 2.24) is 0 Å². The molecule has 1 saturated heterocycles. The molecular formula is C20H30O6. The molecule has 2 rings (SSSR count). The van der Waals surface area contributed by atoms with E-state index in [0.717, 1.165) is 18.4 Å². The van der Waals surface area contributed by atoms with Gasteiger partial charge in [0.15, 0.2) is 0 Å². The van der Waals surface area contributed by atoms with Crippen LogP contribution in [0.15, 0.2) is 35.5 Å². The molecule has 26 heavy (non-hydrogen) atoms. The maximum absolute atomic E-state index is 12.0. The van der Waals surface area contributed by atoms with E-state index < -0.39 is 42.4 Å². The van der Waals surface area contributed by atoms with Crippen LogP contribution in [0.2, 0.25) is 0 Å². The van der Waals surface area contributed by atoms with Crippen molar-refractivity contribution in [3.63, 3.8) is 0 Å². The number of rotatable bonds is 1. The fourth-order valence-electron chi connectivity index (χ4n) is 3.58. The number of ether oxygens (including phenoxy) is 1. The topological polar surface area (TPSA) is 107 Å². The summed E-state index contributed by atoms with van der Waals surface area (Å²) >= 11 is 0. The second kappa shape index (κ2) is 8.48. The van der Waals surface area contributed by atoms with Crippen LogP contribution in [0.4, 0.5) is 0 Å². The van der Waals surface area contributed by atoms with Crippen LogP contribution in [-0.2, 0) is 9.53 Å². The van der Waals surface area contributed by atoms with Gasteiger partial charge in [0.25, 0.3) is 0 Å². The van der Waals surface area contributed by atoms with E-state index in [1.807, 2.05) is 19.1 Å². The fraction of sp³-hybridized carbons (Fsp3) is 0.650. The lowest BCUT2D eigenvalue weighted by atomic mass is 9.80. The summed E-state index contributed by atoms with van der Waals surface area (Å²) in [5.74, 6) is -1.23. The Morgan fingerprint density at radius 2 is 1.96 bits per heavy atom. The number of hydrogen-bond donors (Lipinski definition) is 4. The van der Waals surface area contributed by atoms with E-state index in [1.165, 1.54) is 0 Å². The molecule has 0 aromatic carbocycles. The van der Waals surface area contributed by atoms with Crippen LogP contribution < -0.4 is 0 Å². The van der Waals surface area contributed by atoms with Gasteiger partial charge in [-0.15, -0.1) is 0 Å².